The zero-order chi connectivity index (χ0) is 24.9. The number of nitrogens with zero attached hydrogens (tertiary/aromatic N) is 3. The standard InChI is InChI=1S/C27H35FN4O3S/c28-21-8-6-20(7-9-21)17-31(19-23-4-1-14-35-23)22-16-24(26(33)30-12-3-10-29-11-13-30)32(18-22)27(34)25-5-2-15-36-25/h2,5-9,15,22-24,29H,1,3-4,10-14,16-19H2. The predicted octanol–water partition coefficient (Wildman–Crippen LogP) is 2.97. The molecule has 194 valence electrons. The van der Waals surface area contributed by atoms with Gasteiger partial charge in [-0.15, -0.1) is 11.3 Å². The predicted molar refractivity (Wildman–Crippen MR) is 137 cm³/mol. The summed E-state index contributed by atoms with van der Waals surface area (Å²) >= 11 is 1.42. The SMILES string of the molecule is O=C(C1CC(N(Cc2ccc(F)cc2)CC2CCCO2)CN1C(=O)c1cccs1)N1CCCNCC1. The zero-order valence-electron chi connectivity index (χ0n) is 20.6. The molecule has 9 heteroatoms. The fourth-order valence-electron chi connectivity index (χ4n) is 5.57. The summed E-state index contributed by atoms with van der Waals surface area (Å²) in [6.45, 7) is 5.68. The van der Waals surface area contributed by atoms with E-state index in [1.54, 1.807) is 4.90 Å². The summed E-state index contributed by atoms with van der Waals surface area (Å²) in [4.78, 5) is 34.0. The Balaban J connectivity index is 1.39. The Morgan fingerprint density at radius 1 is 1.14 bits per heavy atom. The van der Waals surface area contributed by atoms with Gasteiger partial charge >= 0.3 is 0 Å². The van der Waals surface area contributed by atoms with Crippen LogP contribution in [-0.2, 0) is 16.1 Å². The number of benzene rings is 1. The van der Waals surface area contributed by atoms with Crippen LogP contribution < -0.4 is 5.32 Å². The number of halogens is 1. The molecule has 2 amide bonds. The van der Waals surface area contributed by atoms with Crippen LogP contribution in [0.25, 0.3) is 0 Å². The number of carbonyl (C=O) groups is 2. The van der Waals surface area contributed by atoms with Crippen LogP contribution in [0.5, 0.6) is 0 Å². The maximum absolute atomic E-state index is 13.8. The Morgan fingerprint density at radius 2 is 2.00 bits per heavy atom. The summed E-state index contributed by atoms with van der Waals surface area (Å²) in [7, 11) is 0. The fraction of sp³-hybridized carbons (Fsp3) is 0.556. The number of carbonyl (C=O) groups excluding carboxylic acids is 2. The maximum Gasteiger partial charge on any atom is 0.264 e. The number of thiophene rings is 1. The first-order chi connectivity index (χ1) is 17.6. The van der Waals surface area contributed by atoms with Gasteiger partial charge in [0.25, 0.3) is 5.91 Å². The van der Waals surface area contributed by atoms with Crippen LogP contribution >= 0.6 is 11.3 Å². The van der Waals surface area contributed by atoms with Gasteiger partial charge in [0.05, 0.1) is 11.0 Å². The van der Waals surface area contributed by atoms with E-state index in [1.165, 1.54) is 23.5 Å². The molecule has 1 aromatic heterocycles. The van der Waals surface area contributed by atoms with Crippen LogP contribution in [0.4, 0.5) is 4.39 Å². The molecule has 2 aromatic rings. The third-order valence-corrected chi connectivity index (χ3v) is 8.34. The molecule has 0 spiro atoms. The van der Waals surface area contributed by atoms with Gasteiger partial charge in [0, 0.05) is 51.9 Å². The summed E-state index contributed by atoms with van der Waals surface area (Å²) in [6.07, 6.45) is 3.70. The normalized spacial score (nSPS) is 24.9. The van der Waals surface area contributed by atoms with Crippen molar-refractivity contribution in [2.24, 2.45) is 0 Å². The van der Waals surface area contributed by atoms with Crippen LogP contribution in [0.1, 0.15) is 40.9 Å². The highest BCUT2D eigenvalue weighted by Gasteiger charge is 2.44. The molecule has 3 aliphatic rings. The molecule has 0 bridgehead atoms. The first-order valence-corrected chi connectivity index (χ1v) is 13.9. The minimum absolute atomic E-state index is 0.0159. The third-order valence-electron chi connectivity index (χ3n) is 7.49. The molecule has 3 atom stereocenters. The van der Waals surface area contributed by atoms with Gasteiger partial charge in [-0.05, 0) is 61.4 Å². The van der Waals surface area contributed by atoms with E-state index in [-0.39, 0.29) is 29.8 Å². The lowest BCUT2D eigenvalue weighted by Crippen LogP contribution is -2.48. The molecule has 3 saturated heterocycles. The van der Waals surface area contributed by atoms with Crippen molar-refractivity contribution < 1.29 is 18.7 Å². The van der Waals surface area contributed by atoms with Crippen LogP contribution in [0, 0.1) is 5.82 Å². The largest absolute Gasteiger partial charge is 0.377 e. The van der Waals surface area contributed by atoms with Crippen molar-refractivity contribution in [3.05, 3.63) is 58.0 Å². The van der Waals surface area contributed by atoms with Gasteiger partial charge in [0.15, 0.2) is 0 Å². The van der Waals surface area contributed by atoms with E-state index in [1.807, 2.05) is 34.5 Å². The summed E-state index contributed by atoms with van der Waals surface area (Å²) in [5.41, 5.74) is 1.01. The number of rotatable bonds is 7. The summed E-state index contributed by atoms with van der Waals surface area (Å²) in [5, 5.41) is 5.26. The fourth-order valence-corrected chi connectivity index (χ4v) is 6.25. The van der Waals surface area contributed by atoms with Gasteiger partial charge in [-0.1, -0.05) is 18.2 Å². The third kappa shape index (κ3) is 5.96. The van der Waals surface area contributed by atoms with Gasteiger partial charge in [0.2, 0.25) is 5.91 Å². The van der Waals surface area contributed by atoms with E-state index in [0.717, 1.165) is 51.1 Å². The topological polar surface area (TPSA) is 65.1 Å². The quantitative estimate of drug-likeness (QED) is 0.616. The molecule has 0 radical (unpaired) electrons. The monoisotopic (exact) mass is 514 g/mol. The van der Waals surface area contributed by atoms with Crippen molar-refractivity contribution in [2.45, 2.75) is 50.4 Å². The molecule has 0 saturated carbocycles. The lowest BCUT2D eigenvalue weighted by Gasteiger charge is -2.31. The highest BCUT2D eigenvalue weighted by atomic mass is 32.1. The number of hydrogen-bond donors (Lipinski definition) is 1. The molecular formula is C27H35FN4O3S. The molecule has 3 aliphatic heterocycles. The van der Waals surface area contributed by atoms with Crippen LogP contribution in [0.2, 0.25) is 0 Å². The molecule has 5 rings (SSSR count). The average Bonchev–Trinajstić information content (AvgIpc) is 3.64. The van der Waals surface area contributed by atoms with E-state index in [4.69, 9.17) is 4.74 Å². The van der Waals surface area contributed by atoms with Crippen LogP contribution in [-0.4, -0.2) is 90.6 Å². The summed E-state index contributed by atoms with van der Waals surface area (Å²) < 4.78 is 19.5. The molecule has 3 fully saturated rings. The molecule has 3 unspecified atom stereocenters. The second-order valence-corrected chi connectivity index (χ2v) is 10.9. The Kier molecular flexibility index (Phi) is 8.31. The highest BCUT2D eigenvalue weighted by Crippen LogP contribution is 2.29. The van der Waals surface area contributed by atoms with Gasteiger partial charge < -0.3 is 19.9 Å². The molecule has 7 nitrogen and oxygen atoms in total. The minimum Gasteiger partial charge on any atom is -0.377 e. The van der Waals surface area contributed by atoms with Crippen LogP contribution in [0.3, 0.4) is 0 Å². The van der Waals surface area contributed by atoms with E-state index in [2.05, 4.69) is 10.2 Å². The van der Waals surface area contributed by atoms with Crippen molar-refractivity contribution in [3.8, 4) is 0 Å². The summed E-state index contributed by atoms with van der Waals surface area (Å²) in [5.74, 6) is -0.279. The van der Waals surface area contributed by atoms with Crippen molar-refractivity contribution in [1.82, 2.24) is 20.0 Å². The Labute approximate surface area is 216 Å². The van der Waals surface area contributed by atoms with Crippen molar-refractivity contribution >= 4 is 23.2 Å². The first-order valence-electron chi connectivity index (χ1n) is 13.0. The number of likely N-dealkylation sites (tertiary alicyclic amines) is 1. The molecule has 1 aromatic carbocycles. The maximum atomic E-state index is 13.8. The molecule has 36 heavy (non-hydrogen) atoms. The van der Waals surface area contributed by atoms with Crippen molar-refractivity contribution in [2.75, 3.05) is 45.9 Å². The molecular weight excluding hydrogens is 479 g/mol. The number of hydrogen-bond acceptors (Lipinski definition) is 6. The van der Waals surface area contributed by atoms with Gasteiger partial charge in [0.1, 0.15) is 11.9 Å². The molecule has 1 N–H and O–H groups in total. The van der Waals surface area contributed by atoms with E-state index in [9.17, 15) is 14.0 Å². The van der Waals surface area contributed by atoms with Gasteiger partial charge in [-0.3, -0.25) is 14.5 Å². The Hall–Kier alpha value is -2.33. The second kappa shape index (κ2) is 11.8. The molecule has 0 aliphatic carbocycles. The number of amides is 2. The Bertz CT molecular complexity index is 1000. The van der Waals surface area contributed by atoms with E-state index in [0.29, 0.717) is 37.5 Å². The highest BCUT2D eigenvalue weighted by molar-refractivity contribution is 7.12. The number of nitrogens with one attached hydrogen (secondary N) is 1. The van der Waals surface area contributed by atoms with Gasteiger partial charge in [-0.2, -0.15) is 0 Å². The van der Waals surface area contributed by atoms with Crippen molar-refractivity contribution in [3.63, 3.8) is 0 Å². The molecule has 4 heterocycles. The van der Waals surface area contributed by atoms with Gasteiger partial charge in [-0.25, -0.2) is 4.39 Å². The summed E-state index contributed by atoms with van der Waals surface area (Å²) in [6, 6.07) is 9.84. The lowest BCUT2D eigenvalue weighted by atomic mass is 10.1. The average molecular weight is 515 g/mol. The Morgan fingerprint density at radius 3 is 2.75 bits per heavy atom. The van der Waals surface area contributed by atoms with Crippen LogP contribution in [0.15, 0.2) is 41.8 Å². The first kappa shape index (κ1) is 25.3. The lowest BCUT2D eigenvalue weighted by molar-refractivity contribution is -0.135. The minimum atomic E-state index is -0.483. The van der Waals surface area contributed by atoms with Crippen molar-refractivity contribution in [1.29, 1.82) is 0 Å². The zero-order valence-corrected chi connectivity index (χ0v) is 21.4. The smallest absolute Gasteiger partial charge is 0.264 e. The van der Waals surface area contributed by atoms with E-state index >= 15 is 0 Å². The number of ether oxygens (including phenoxy) is 1. The van der Waals surface area contributed by atoms with E-state index < -0.39 is 6.04 Å². The second-order valence-electron chi connectivity index (χ2n) is 9.96.